The van der Waals surface area contributed by atoms with E-state index in [1.807, 2.05) is 24.4 Å². The topological polar surface area (TPSA) is 61.8 Å². The van der Waals surface area contributed by atoms with Crippen molar-refractivity contribution in [3.05, 3.63) is 51.4 Å². The Labute approximate surface area is 149 Å². The van der Waals surface area contributed by atoms with Gasteiger partial charge in [-0.15, -0.1) is 11.3 Å². The number of ketones is 1. The van der Waals surface area contributed by atoms with Crippen LogP contribution in [0, 0.1) is 6.92 Å². The number of fused-ring (bicyclic) bond motifs is 1. The molecule has 1 aliphatic rings. The molecule has 6 heteroatoms. The van der Waals surface area contributed by atoms with Crippen LogP contribution in [0.15, 0.2) is 35.4 Å². The minimum atomic E-state index is -0.740. The smallest absolute Gasteiger partial charge is 0.347 e. The van der Waals surface area contributed by atoms with Gasteiger partial charge in [-0.25, -0.2) is 4.79 Å². The number of hydrogen-bond acceptors (Lipinski definition) is 6. The largest absolute Gasteiger partial charge is 0.479 e. The molecule has 1 aliphatic heterocycles. The lowest BCUT2D eigenvalue weighted by molar-refractivity contribution is -0.150. The SMILES string of the molecule is CCOC(=O)C(C)Oc1cc(C)c2c(c1)O/C(=C\c1cccs1)C2=O. The van der Waals surface area contributed by atoms with Crippen molar-refractivity contribution in [3.63, 3.8) is 0 Å². The summed E-state index contributed by atoms with van der Waals surface area (Å²) in [5.41, 5.74) is 1.27. The highest BCUT2D eigenvalue weighted by Gasteiger charge is 2.30. The van der Waals surface area contributed by atoms with Crippen molar-refractivity contribution in [1.29, 1.82) is 0 Å². The third-order valence-corrected chi connectivity index (χ3v) is 4.51. The summed E-state index contributed by atoms with van der Waals surface area (Å²) in [6, 6.07) is 7.19. The van der Waals surface area contributed by atoms with Crippen molar-refractivity contribution in [3.8, 4) is 11.5 Å². The van der Waals surface area contributed by atoms with Crippen molar-refractivity contribution >= 4 is 29.2 Å². The molecule has 1 aromatic heterocycles. The van der Waals surface area contributed by atoms with Gasteiger partial charge in [0.25, 0.3) is 0 Å². The standard InChI is InChI=1S/C19H18O5S/c1-4-22-19(21)12(3)23-13-8-11(2)17-15(9-13)24-16(18(17)20)10-14-6-5-7-25-14/h5-10,12H,4H2,1-3H3/b16-10-. The van der Waals surface area contributed by atoms with Crippen LogP contribution in [0.5, 0.6) is 11.5 Å². The fourth-order valence-corrected chi connectivity index (χ4v) is 3.21. The van der Waals surface area contributed by atoms with Gasteiger partial charge in [0, 0.05) is 17.0 Å². The Balaban J connectivity index is 1.84. The van der Waals surface area contributed by atoms with Crippen molar-refractivity contribution < 1.29 is 23.8 Å². The van der Waals surface area contributed by atoms with Gasteiger partial charge in [0.2, 0.25) is 5.78 Å². The molecule has 0 spiro atoms. The van der Waals surface area contributed by atoms with Crippen molar-refractivity contribution in [1.82, 2.24) is 0 Å². The summed E-state index contributed by atoms with van der Waals surface area (Å²) in [7, 11) is 0. The first-order valence-electron chi connectivity index (χ1n) is 7.95. The van der Waals surface area contributed by atoms with Gasteiger partial charge >= 0.3 is 5.97 Å². The summed E-state index contributed by atoms with van der Waals surface area (Å²) in [4.78, 5) is 25.2. The molecule has 0 amide bonds. The van der Waals surface area contributed by atoms with Gasteiger partial charge in [-0.1, -0.05) is 6.07 Å². The second-order valence-corrected chi connectivity index (χ2v) is 6.56. The van der Waals surface area contributed by atoms with Gasteiger partial charge in [0.15, 0.2) is 11.9 Å². The van der Waals surface area contributed by atoms with Crippen molar-refractivity contribution in [2.24, 2.45) is 0 Å². The number of carbonyl (C=O) groups excluding carboxylic acids is 2. The van der Waals surface area contributed by atoms with E-state index in [0.717, 1.165) is 10.4 Å². The van der Waals surface area contributed by atoms with E-state index in [9.17, 15) is 9.59 Å². The van der Waals surface area contributed by atoms with Gasteiger partial charge < -0.3 is 14.2 Å². The van der Waals surface area contributed by atoms with Gasteiger partial charge in [0.05, 0.1) is 12.2 Å². The molecule has 2 aromatic rings. The predicted octanol–water partition coefficient (Wildman–Crippen LogP) is 4.00. The Morgan fingerprint density at radius 3 is 2.88 bits per heavy atom. The monoisotopic (exact) mass is 358 g/mol. The molecule has 0 saturated heterocycles. The quantitative estimate of drug-likeness (QED) is 0.597. The van der Waals surface area contributed by atoms with E-state index < -0.39 is 12.1 Å². The molecule has 0 saturated carbocycles. The molecule has 25 heavy (non-hydrogen) atoms. The maximum atomic E-state index is 12.6. The fraction of sp³-hybridized carbons (Fsp3) is 0.263. The molecular formula is C19H18O5S. The summed E-state index contributed by atoms with van der Waals surface area (Å²) in [5, 5.41) is 1.94. The van der Waals surface area contributed by atoms with Crippen LogP contribution < -0.4 is 9.47 Å². The lowest BCUT2D eigenvalue weighted by Crippen LogP contribution is -2.26. The maximum absolute atomic E-state index is 12.6. The normalized spacial score (nSPS) is 15.6. The molecule has 0 radical (unpaired) electrons. The molecule has 5 nitrogen and oxygen atoms in total. The molecule has 2 heterocycles. The number of Topliss-reactive ketones (excluding diaryl/α,β-unsaturated/α-hetero) is 1. The first kappa shape index (κ1) is 17.2. The first-order chi connectivity index (χ1) is 12.0. The predicted molar refractivity (Wildman–Crippen MR) is 95.2 cm³/mol. The molecule has 0 N–H and O–H groups in total. The van der Waals surface area contributed by atoms with Crippen molar-refractivity contribution in [2.75, 3.05) is 6.61 Å². The number of esters is 1. The highest BCUT2D eigenvalue weighted by molar-refractivity contribution is 7.10. The van der Waals surface area contributed by atoms with E-state index in [-0.39, 0.29) is 11.5 Å². The van der Waals surface area contributed by atoms with Crippen molar-refractivity contribution in [2.45, 2.75) is 26.9 Å². The number of allylic oxidation sites excluding steroid dienone is 1. The van der Waals surface area contributed by atoms with E-state index >= 15 is 0 Å². The van der Waals surface area contributed by atoms with Crippen LogP contribution in [0.4, 0.5) is 0 Å². The van der Waals surface area contributed by atoms with Gasteiger partial charge in [-0.05, 0) is 43.8 Å². The molecule has 1 unspecified atom stereocenters. The van der Waals surface area contributed by atoms with Crippen LogP contribution in [0.25, 0.3) is 6.08 Å². The Morgan fingerprint density at radius 1 is 1.40 bits per heavy atom. The molecular weight excluding hydrogens is 340 g/mol. The van der Waals surface area contributed by atoms with E-state index in [2.05, 4.69) is 0 Å². The Hall–Kier alpha value is -2.60. The minimum Gasteiger partial charge on any atom is -0.479 e. The van der Waals surface area contributed by atoms with Crippen LogP contribution >= 0.6 is 11.3 Å². The first-order valence-corrected chi connectivity index (χ1v) is 8.83. The molecule has 3 rings (SSSR count). The molecule has 0 bridgehead atoms. The zero-order valence-corrected chi connectivity index (χ0v) is 15.0. The Morgan fingerprint density at radius 2 is 2.20 bits per heavy atom. The number of carbonyl (C=O) groups is 2. The summed E-state index contributed by atoms with van der Waals surface area (Å²) >= 11 is 1.53. The average molecular weight is 358 g/mol. The highest BCUT2D eigenvalue weighted by Crippen LogP contribution is 2.38. The highest BCUT2D eigenvalue weighted by atomic mass is 32.1. The van der Waals surface area contributed by atoms with Crippen LogP contribution in [0.1, 0.15) is 34.6 Å². The number of ether oxygens (including phenoxy) is 3. The molecule has 0 fully saturated rings. The Bertz CT molecular complexity index is 836. The van der Waals surface area contributed by atoms with E-state index in [4.69, 9.17) is 14.2 Å². The van der Waals surface area contributed by atoms with Gasteiger partial charge in [0.1, 0.15) is 11.5 Å². The number of benzene rings is 1. The van der Waals surface area contributed by atoms with E-state index in [1.54, 1.807) is 32.1 Å². The maximum Gasteiger partial charge on any atom is 0.347 e. The summed E-state index contributed by atoms with van der Waals surface area (Å²) < 4.78 is 16.3. The van der Waals surface area contributed by atoms with Gasteiger partial charge in [-0.3, -0.25) is 4.79 Å². The average Bonchev–Trinajstić information content (AvgIpc) is 3.17. The summed E-state index contributed by atoms with van der Waals surface area (Å²) in [6.45, 7) is 5.47. The van der Waals surface area contributed by atoms with Crippen LogP contribution in [-0.4, -0.2) is 24.5 Å². The van der Waals surface area contributed by atoms with E-state index in [0.29, 0.717) is 23.7 Å². The van der Waals surface area contributed by atoms with Crippen LogP contribution in [0.2, 0.25) is 0 Å². The number of rotatable bonds is 5. The third-order valence-electron chi connectivity index (χ3n) is 3.69. The zero-order chi connectivity index (χ0) is 18.0. The second kappa shape index (κ2) is 7.11. The fourth-order valence-electron chi connectivity index (χ4n) is 2.56. The lowest BCUT2D eigenvalue weighted by atomic mass is 10.0. The summed E-state index contributed by atoms with van der Waals surface area (Å²) in [6.07, 6.45) is 0.990. The van der Waals surface area contributed by atoms with E-state index in [1.165, 1.54) is 11.3 Å². The van der Waals surface area contributed by atoms with Gasteiger partial charge in [-0.2, -0.15) is 0 Å². The molecule has 1 atom stereocenters. The zero-order valence-electron chi connectivity index (χ0n) is 14.2. The summed E-state index contributed by atoms with van der Waals surface area (Å²) in [5.74, 6) is 0.610. The number of thiophene rings is 1. The lowest BCUT2D eigenvalue weighted by Gasteiger charge is -2.14. The molecule has 130 valence electrons. The van der Waals surface area contributed by atoms with Crippen LogP contribution in [0.3, 0.4) is 0 Å². The Kier molecular flexibility index (Phi) is 4.90. The minimum absolute atomic E-state index is 0.147. The second-order valence-electron chi connectivity index (χ2n) is 5.58. The number of hydrogen-bond donors (Lipinski definition) is 0. The number of aryl methyl sites for hydroxylation is 1. The molecule has 0 aliphatic carbocycles. The van der Waals surface area contributed by atoms with Crippen LogP contribution in [-0.2, 0) is 9.53 Å². The third kappa shape index (κ3) is 3.58. The molecule has 1 aromatic carbocycles.